The summed E-state index contributed by atoms with van der Waals surface area (Å²) in [6, 6.07) is 3.86. The summed E-state index contributed by atoms with van der Waals surface area (Å²) in [6.45, 7) is 0. The van der Waals surface area contributed by atoms with Gasteiger partial charge in [0.15, 0.2) is 0 Å². The first kappa shape index (κ1) is 26.2. The summed E-state index contributed by atoms with van der Waals surface area (Å²) in [5, 5.41) is 11.3. The van der Waals surface area contributed by atoms with E-state index in [9.17, 15) is 36.0 Å². The van der Waals surface area contributed by atoms with Gasteiger partial charge >= 0.3 is 0 Å². The Balaban J connectivity index is 0.000000234. The number of sulfonamides is 2. The van der Waals surface area contributed by atoms with Crippen molar-refractivity contribution in [3.63, 3.8) is 0 Å². The summed E-state index contributed by atoms with van der Waals surface area (Å²) >= 11 is 11.3. The number of imide groups is 1. The molecule has 17 heteroatoms. The molecule has 4 amide bonds. The number of hydrogen-bond acceptors (Lipinski definition) is 8. The molecule has 13 nitrogen and oxygen atoms in total. The summed E-state index contributed by atoms with van der Waals surface area (Å²) in [5.41, 5.74) is 9.36. The molecule has 33 heavy (non-hydrogen) atoms. The predicted octanol–water partition coefficient (Wildman–Crippen LogP) is -0.944. The van der Waals surface area contributed by atoms with E-state index in [1.807, 2.05) is 5.32 Å². The second-order valence-electron chi connectivity index (χ2n) is 6.26. The van der Waals surface area contributed by atoms with Crippen LogP contribution in [0.25, 0.3) is 0 Å². The number of primary sulfonamides is 2. The first-order valence-electron chi connectivity index (χ1n) is 8.13. The monoisotopic (exact) mass is 537 g/mol. The molecule has 0 aliphatic carbocycles. The molecule has 3 rings (SSSR count). The predicted molar refractivity (Wildman–Crippen MR) is 114 cm³/mol. The number of carbonyl (C=O) groups excluding carboxylic acids is 4. The Bertz CT molecular complexity index is 1460. The van der Waals surface area contributed by atoms with E-state index in [2.05, 4.69) is 0 Å². The maximum absolute atomic E-state index is 11.3. The number of hydrogen-bond donors (Lipinski definition) is 5. The van der Waals surface area contributed by atoms with Gasteiger partial charge < -0.3 is 11.5 Å². The summed E-state index contributed by atoms with van der Waals surface area (Å²) in [4.78, 5) is 43.7. The summed E-state index contributed by atoms with van der Waals surface area (Å²) < 4.78 is 44.5. The second-order valence-corrected chi connectivity index (χ2v) is 10.1. The Morgan fingerprint density at radius 1 is 0.697 bits per heavy atom. The number of rotatable bonds is 4. The molecule has 2 aromatic rings. The number of halogens is 2. The maximum atomic E-state index is 11.3. The lowest BCUT2D eigenvalue weighted by Gasteiger charge is -2.07. The van der Waals surface area contributed by atoms with E-state index in [0.29, 0.717) is 0 Å². The fourth-order valence-corrected chi connectivity index (χ4v) is 4.76. The lowest BCUT2D eigenvalue weighted by Crippen LogP contribution is -2.22. The summed E-state index contributed by atoms with van der Waals surface area (Å²) in [7, 11) is -8.14. The molecule has 1 heterocycles. The lowest BCUT2D eigenvalue weighted by molar-refractivity contribution is 0.0877. The zero-order chi connectivity index (χ0) is 25.5. The van der Waals surface area contributed by atoms with Crippen LogP contribution in [0.4, 0.5) is 0 Å². The first-order chi connectivity index (χ1) is 14.9. The molecule has 176 valence electrons. The van der Waals surface area contributed by atoms with E-state index in [1.165, 1.54) is 0 Å². The summed E-state index contributed by atoms with van der Waals surface area (Å²) in [5.74, 6) is -3.24. The zero-order valence-electron chi connectivity index (χ0n) is 16.0. The van der Waals surface area contributed by atoms with Gasteiger partial charge in [-0.3, -0.25) is 24.5 Å². The largest absolute Gasteiger partial charge is 0.366 e. The van der Waals surface area contributed by atoms with E-state index in [0.717, 1.165) is 24.3 Å². The van der Waals surface area contributed by atoms with Crippen molar-refractivity contribution < 1.29 is 36.0 Å². The van der Waals surface area contributed by atoms with Gasteiger partial charge in [0, 0.05) is 0 Å². The minimum Gasteiger partial charge on any atom is -0.366 e. The van der Waals surface area contributed by atoms with Crippen LogP contribution in [-0.2, 0) is 20.0 Å². The molecule has 0 aromatic heterocycles. The van der Waals surface area contributed by atoms with Crippen molar-refractivity contribution in [2.24, 2.45) is 21.7 Å². The van der Waals surface area contributed by atoms with Crippen LogP contribution in [0, 0.1) is 0 Å². The highest BCUT2D eigenvalue weighted by atomic mass is 35.5. The zero-order valence-corrected chi connectivity index (χ0v) is 19.1. The smallest absolute Gasteiger partial charge is 0.258 e. The maximum Gasteiger partial charge on any atom is 0.258 e. The Hall–Kier alpha value is -3.08. The minimum absolute atomic E-state index is 0.0431. The van der Waals surface area contributed by atoms with Crippen LogP contribution in [0.1, 0.15) is 41.4 Å². The van der Waals surface area contributed by atoms with Crippen LogP contribution >= 0.6 is 23.2 Å². The Morgan fingerprint density at radius 3 is 1.48 bits per heavy atom. The van der Waals surface area contributed by atoms with Crippen molar-refractivity contribution in [1.29, 1.82) is 0 Å². The van der Waals surface area contributed by atoms with Crippen molar-refractivity contribution in [2.45, 2.75) is 9.79 Å². The Kier molecular flexibility index (Phi) is 7.18. The van der Waals surface area contributed by atoms with Gasteiger partial charge in [-0.15, -0.1) is 0 Å². The second kappa shape index (κ2) is 9.05. The molecule has 0 fully saturated rings. The van der Waals surface area contributed by atoms with Gasteiger partial charge in [-0.05, 0) is 24.3 Å². The quantitative estimate of drug-likeness (QED) is 0.303. The van der Waals surface area contributed by atoms with Gasteiger partial charge in [0.1, 0.15) is 9.79 Å². The number of nitrogens with two attached hydrogens (primary N) is 4. The van der Waals surface area contributed by atoms with E-state index < -0.39 is 48.6 Å². The third-order valence-corrected chi connectivity index (χ3v) is 6.76. The van der Waals surface area contributed by atoms with Crippen LogP contribution in [-0.4, -0.2) is 40.5 Å². The molecule has 0 spiro atoms. The van der Waals surface area contributed by atoms with E-state index in [1.54, 1.807) is 0 Å². The molecule has 0 saturated carbocycles. The molecule has 1 aliphatic heterocycles. The number of primary amides is 2. The van der Waals surface area contributed by atoms with Crippen molar-refractivity contribution >= 4 is 66.9 Å². The highest BCUT2D eigenvalue weighted by Crippen LogP contribution is 2.27. The number of amides is 4. The normalized spacial score (nSPS) is 13.0. The van der Waals surface area contributed by atoms with E-state index in [4.69, 9.17) is 44.9 Å². The molecule has 0 bridgehead atoms. The highest BCUT2D eigenvalue weighted by molar-refractivity contribution is 7.89. The molecule has 0 radical (unpaired) electrons. The molecule has 1 aliphatic rings. The fourth-order valence-electron chi connectivity index (χ4n) is 2.56. The molecule has 9 N–H and O–H groups in total. The first-order valence-corrected chi connectivity index (χ1v) is 12.0. The molecule has 2 aromatic carbocycles. The van der Waals surface area contributed by atoms with Crippen LogP contribution < -0.4 is 27.1 Å². The molecular weight excluding hydrogens is 525 g/mol. The third-order valence-electron chi connectivity index (χ3n) is 4.00. The highest BCUT2D eigenvalue weighted by Gasteiger charge is 2.30. The number of benzene rings is 2. The van der Waals surface area contributed by atoms with Crippen molar-refractivity contribution in [3.8, 4) is 0 Å². The Morgan fingerprint density at radius 2 is 1.06 bits per heavy atom. The van der Waals surface area contributed by atoms with Crippen molar-refractivity contribution in [2.75, 3.05) is 0 Å². The van der Waals surface area contributed by atoms with E-state index >= 15 is 0 Å². The van der Waals surface area contributed by atoms with Crippen LogP contribution in [0.5, 0.6) is 0 Å². The van der Waals surface area contributed by atoms with Gasteiger partial charge in [-0.25, -0.2) is 27.1 Å². The van der Waals surface area contributed by atoms with Gasteiger partial charge in [0.2, 0.25) is 31.9 Å². The average molecular weight is 538 g/mol. The van der Waals surface area contributed by atoms with Gasteiger partial charge in [-0.1, -0.05) is 23.2 Å². The summed E-state index contributed by atoms with van der Waals surface area (Å²) in [6.07, 6.45) is 0. The molecule has 0 unspecified atom stereocenters. The van der Waals surface area contributed by atoms with Crippen LogP contribution in [0.2, 0.25) is 10.0 Å². The topological polar surface area (TPSA) is 253 Å². The van der Waals surface area contributed by atoms with Crippen molar-refractivity contribution in [3.05, 3.63) is 56.6 Å². The molecular formula is C16H13Cl2N5O8S2. The van der Waals surface area contributed by atoms with Gasteiger partial charge in [0.05, 0.1) is 32.3 Å². The van der Waals surface area contributed by atoms with E-state index in [-0.39, 0.29) is 37.2 Å². The van der Waals surface area contributed by atoms with Crippen molar-refractivity contribution in [1.82, 2.24) is 5.32 Å². The van der Waals surface area contributed by atoms with Gasteiger partial charge in [0.25, 0.3) is 11.8 Å². The molecule has 0 saturated heterocycles. The Labute approximate surface area is 196 Å². The van der Waals surface area contributed by atoms with Crippen LogP contribution in [0.3, 0.4) is 0 Å². The minimum atomic E-state index is -4.12. The number of carbonyl (C=O) groups is 4. The fraction of sp³-hybridized carbons (Fsp3) is 0. The van der Waals surface area contributed by atoms with Gasteiger partial charge in [-0.2, -0.15) is 0 Å². The number of nitrogens with one attached hydrogen (secondary N) is 1. The molecule has 0 atom stereocenters. The standard InChI is InChI=1S/C8H8ClN3O4S.C8H5ClN2O4S/c9-5-1-3(7(10)13)4(8(11)14)2-6(5)17(12,15)16;9-5-1-3-4(8(13)11-7(3)12)2-6(5)16(10,14)15/h1-2H,(H2,10,13)(H2,11,14)(H2,12,15,16);1-2H,(H2,10,14,15)(H,11,12,13). The van der Waals surface area contributed by atoms with Crippen LogP contribution in [0.15, 0.2) is 34.1 Å². The lowest BCUT2D eigenvalue weighted by atomic mass is 10.1. The number of fused-ring (bicyclic) bond motifs is 1. The average Bonchev–Trinajstić information content (AvgIpc) is 2.92. The third kappa shape index (κ3) is 5.65. The SMILES string of the molecule is NC(=O)c1cc(Cl)c(S(N)(=O)=O)cc1C(N)=O.NS(=O)(=O)c1cc2c(cc1Cl)C(=O)NC2=O.